The van der Waals surface area contributed by atoms with Crippen LogP contribution in [0.4, 0.5) is 5.69 Å². The number of hydrogen-bond acceptors (Lipinski definition) is 7. The van der Waals surface area contributed by atoms with E-state index >= 15 is 0 Å². The Balaban J connectivity index is 1.30. The zero-order chi connectivity index (χ0) is 26.5. The van der Waals surface area contributed by atoms with E-state index < -0.39 is 30.2 Å². The largest absolute Gasteiger partial charge is 0.497 e. The van der Waals surface area contributed by atoms with Crippen LogP contribution in [0, 0.1) is 19.8 Å². The van der Waals surface area contributed by atoms with Crippen molar-refractivity contribution in [1.82, 2.24) is 0 Å². The van der Waals surface area contributed by atoms with Gasteiger partial charge in [-0.3, -0.25) is 14.4 Å². The van der Waals surface area contributed by atoms with E-state index in [0.29, 0.717) is 16.9 Å². The Morgan fingerprint density at radius 3 is 2.38 bits per heavy atom. The molecule has 8 nitrogen and oxygen atoms in total. The van der Waals surface area contributed by atoms with Crippen LogP contribution >= 0.6 is 0 Å². The van der Waals surface area contributed by atoms with Crippen LogP contribution < -0.4 is 14.4 Å². The molecule has 0 unspecified atom stereocenters. The van der Waals surface area contributed by atoms with Gasteiger partial charge in [-0.1, -0.05) is 23.8 Å². The number of ether oxygens (including phenoxy) is 3. The number of amides is 1. The number of esters is 2. The van der Waals surface area contributed by atoms with Gasteiger partial charge in [0.05, 0.1) is 18.6 Å². The van der Waals surface area contributed by atoms with Gasteiger partial charge in [-0.15, -0.1) is 0 Å². The lowest BCUT2D eigenvalue weighted by Crippen LogP contribution is -2.27. The SMILES string of the molecule is COc1cccc(C(=O)Oc2ccc(C(=O)COC(=O)[C@@H]3CC(=O)N(c4ccc(C)cc4C)C3)cc2)c1. The molecule has 1 aliphatic rings. The number of carbonyl (C=O) groups is 4. The van der Waals surface area contributed by atoms with Gasteiger partial charge in [0.25, 0.3) is 0 Å². The average Bonchev–Trinajstić information content (AvgIpc) is 3.28. The number of nitrogens with zero attached hydrogens (tertiary/aromatic N) is 1. The molecule has 0 radical (unpaired) electrons. The normalized spacial score (nSPS) is 14.8. The van der Waals surface area contributed by atoms with Crippen LogP contribution in [-0.2, 0) is 14.3 Å². The fourth-order valence-electron chi connectivity index (χ4n) is 4.17. The molecule has 1 amide bonds. The number of benzene rings is 3. The molecule has 0 spiro atoms. The van der Waals surface area contributed by atoms with Crippen LogP contribution in [0.5, 0.6) is 11.5 Å². The zero-order valence-electron chi connectivity index (χ0n) is 20.9. The van der Waals surface area contributed by atoms with Crippen molar-refractivity contribution >= 4 is 29.3 Å². The first-order chi connectivity index (χ1) is 17.7. The molecule has 4 rings (SSSR count). The van der Waals surface area contributed by atoms with Crippen molar-refractivity contribution in [2.45, 2.75) is 20.3 Å². The predicted molar refractivity (Wildman–Crippen MR) is 136 cm³/mol. The van der Waals surface area contributed by atoms with E-state index in [0.717, 1.165) is 16.8 Å². The third-order valence-electron chi connectivity index (χ3n) is 6.14. The third kappa shape index (κ3) is 6.03. The van der Waals surface area contributed by atoms with E-state index in [1.165, 1.54) is 31.4 Å². The molecule has 0 saturated carbocycles. The molecule has 1 fully saturated rings. The second kappa shape index (κ2) is 11.1. The summed E-state index contributed by atoms with van der Waals surface area (Å²) in [6, 6.07) is 18.3. The Morgan fingerprint density at radius 2 is 1.68 bits per heavy atom. The van der Waals surface area contributed by atoms with E-state index in [-0.39, 0.29) is 24.6 Å². The number of anilines is 1. The summed E-state index contributed by atoms with van der Waals surface area (Å²) in [5.74, 6) is -1.55. The van der Waals surface area contributed by atoms with Crippen molar-refractivity contribution in [2.75, 3.05) is 25.2 Å². The summed E-state index contributed by atoms with van der Waals surface area (Å²) in [7, 11) is 1.51. The first-order valence-corrected chi connectivity index (χ1v) is 11.8. The van der Waals surface area contributed by atoms with Crippen LogP contribution in [0.1, 0.15) is 38.3 Å². The molecular weight excluding hydrogens is 474 g/mol. The van der Waals surface area contributed by atoms with E-state index in [9.17, 15) is 19.2 Å². The van der Waals surface area contributed by atoms with Crippen LogP contribution in [0.15, 0.2) is 66.7 Å². The van der Waals surface area contributed by atoms with Gasteiger partial charge in [0, 0.05) is 24.2 Å². The smallest absolute Gasteiger partial charge is 0.343 e. The van der Waals surface area contributed by atoms with Gasteiger partial charge < -0.3 is 19.1 Å². The Bertz CT molecular complexity index is 1350. The molecule has 8 heteroatoms. The minimum Gasteiger partial charge on any atom is -0.497 e. The monoisotopic (exact) mass is 501 g/mol. The standard InChI is InChI=1S/C29H27NO7/c1-18-7-12-25(19(2)13-18)30-16-22(15-27(30)32)28(33)36-17-26(31)20-8-10-23(11-9-20)37-29(34)21-5-4-6-24(14-21)35-3/h4-14,22H,15-17H2,1-3H3/t22-/m1/s1. The van der Waals surface area contributed by atoms with Crippen molar-refractivity contribution in [1.29, 1.82) is 0 Å². The highest BCUT2D eigenvalue weighted by Crippen LogP contribution is 2.29. The summed E-state index contributed by atoms with van der Waals surface area (Å²) in [4.78, 5) is 51.6. The highest BCUT2D eigenvalue weighted by Gasteiger charge is 2.36. The second-order valence-electron chi connectivity index (χ2n) is 8.87. The summed E-state index contributed by atoms with van der Waals surface area (Å²) in [5, 5.41) is 0. The number of hydrogen-bond donors (Lipinski definition) is 0. The van der Waals surface area contributed by atoms with Crippen LogP contribution in [0.2, 0.25) is 0 Å². The first-order valence-electron chi connectivity index (χ1n) is 11.8. The maximum absolute atomic E-state index is 12.6. The van der Waals surface area contributed by atoms with Gasteiger partial charge in [-0.25, -0.2) is 4.79 Å². The quantitative estimate of drug-likeness (QED) is 0.258. The molecule has 0 bridgehead atoms. The maximum atomic E-state index is 12.6. The summed E-state index contributed by atoms with van der Waals surface area (Å²) in [6.07, 6.45) is 0.0354. The number of ketones is 1. The first kappa shape index (κ1) is 25.6. The van der Waals surface area contributed by atoms with Gasteiger partial charge in [0.2, 0.25) is 5.91 Å². The van der Waals surface area contributed by atoms with Gasteiger partial charge >= 0.3 is 11.9 Å². The average molecular weight is 502 g/mol. The summed E-state index contributed by atoms with van der Waals surface area (Å²) in [6.45, 7) is 3.66. The molecule has 1 heterocycles. The molecule has 3 aromatic rings. The third-order valence-corrected chi connectivity index (χ3v) is 6.14. The molecule has 1 saturated heterocycles. The summed E-state index contributed by atoms with van der Waals surface area (Å²) < 4.78 is 15.7. The lowest BCUT2D eigenvalue weighted by atomic mass is 10.1. The lowest BCUT2D eigenvalue weighted by Gasteiger charge is -2.19. The van der Waals surface area contributed by atoms with Crippen molar-refractivity contribution in [3.05, 3.63) is 89.0 Å². The molecule has 3 aromatic carbocycles. The number of carbonyl (C=O) groups excluding carboxylic acids is 4. The van der Waals surface area contributed by atoms with Gasteiger partial charge in [-0.2, -0.15) is 0 Å². The van der Waals surface area contributed by atoms with Gasteiger partial charge in [0.15, 0.2) is 12.4 Å². The summed E-state index contributed by atoms with van der Waals surface area (Å²) >= 11 is 0. The molecule has 1 atom stereocenters. The van der Waals surface area contributed by atoms with E-state index in [1.807, 2.05) is 32.0 Å². The topological polar surface area (TPSA) is 99.2 Å². The number of methoxy groups -OCH3 is 1. The number of aryl methyl sites for hydroxylation is 2. The molecular formula is C29H27NO7. The van der Waals surface area contributed by atoms with Crippen LogP contribution in [0.3, 0.4) is 0 Å². The van der Waals surface area contributed by atoms with E-state index in [1.54, 1.807) is 29.2 Å². The van der Waals surface area contributed by atoms with Crippen molar-refractivity contribution in [3.63, 3.8) is 0 Å². The lowest BCUT2D eigenvalue weighted by molar-refractivity contribution is -0.147. The fraction of sp³-hybridized carbons (Fsp3) is 0.241. The summed E-state index contributed by atoms with van der Waals surface area (Å²) in [5.41, 5.74) is 3.44. The van der Waals surface area contributed by atoms with E-state index in [4.69, 9.17) is 14.2 Å². The highest BCUT2D eigenvalue weighted by molar-refractivity contribution is 6.01. The van der Waals surface area contributed by atoms with Crippen molar-refractivity contribution in [3.8, 4) is 11.5 Å². The highest BCUT2D eigenvalue weighted by atomic mass is 16.5. The molecule has 0 aromatic heterocycles. The van der Waals surface area contributed by atoms with Crippen molar-refractivity contribution in [2.24, 2.45) is 5.92 Å². The van der Waals surface area contributed by atoms with Gasteiger partial charge in [0.1, 0.15) is 11.5 Å². The minimum atomic E-state index is -0.639. The number of rotatable bonds is 8. The predicted octanol–water partition coefficient (Wildman–Crippen LogP) is 4.31. The molecule has 0 aliphatic carbocycles. The Morgan fingerprint density at radius 1 is 0.919 bits per heavy atom. The number of Topliss-reactive ketones (excluding diaryl/α,β-unsaturated/α-hetero) is 1. The fourth-order valence-corrected chi connectivity index (χ4v) is 4.17. The second-order valence-corrected chi connectivity index (χ2v) is 8.87. The van der Waals surface area contributed by atoms with Crippen LogP contribution in [-0.4, -0.2) is 43.9 Å². The molecule has 37 heavy (non-hydrogen) atoms. The van der Waals surface area contributed by atoms with Crippen LogP contribution in [0.25, 0.3) is 0 Å². The minimum absolute atomic E-state index is 0.0354. The Labute approximate surface area is 214 Å². The zero-order valence-corrected chi connectivity index (χ0v) is 20.9. The Kier molecular flexibility index (Phi) is 7.67. The van der Waals surface area contributed by atoms with Gasteiger partial charge in [-0.05, 0) is 67.9 Å². The Hall–Kier alpha value is -4.46. The molecule has 0 N–H and O–H groups in total. The van der Waals surface area contributed by atoms with E-state index in [2.05, 4.69) is 0 Å². The maximum Gasteiger partial charge on any atom is 0.343 e. The molecule has 190 valence electrons. The van der Waals surface area contributed by atoms with Crippen molar-refractivity contribution < 1.29 is 33.4 Å². The molecule has 1 aliphatic heterocycles.